The van der Waals surface area contributed by atoms with Gasteiger partial charge in [0.25, 0.3) is 0 Å². The average molecular weight is 280 g/mol. The number of hydrogen-bond donors (Lipinski definition) is 2. The maximum absolute atomic E-state index is 12.1. The Morgan fingerprint density at radius 1 is 1.37 bits per heavy atom. The van der Waals surface area contributed by atoms with Crippen molar-refractivity contribution in [2.45, 2.75) is 56.7 Å². The van der Waals surface area contributed by atoms with Gasteiger partial charge in [0.1, 0.15) is 0 Å². The molecule has 19 heavy (non-hydrogen) atoms. The van der Waals surface area contributed by atoms with Gasteiger partial charge in [-0.15, -0.1) is 11.8 Å². The van der Waals surface area contributed by atoms with Gasteiger partial charge in [-0.25, -0.2) is 0 Å². The molecule has 0 fully saturated rings. The minimum Gasteiger partial charge on any atom is -0.399 e. The number of nitrogens with two attached hydrogens (primary N) is 1. The van der Waals surface area contributed by atoms with Crippen LogP contribution in [-0.2, 0) is 4.79 Å². The number of rotatable bonds is 6. The molecule has 0 aliphatic rings. The fraction of sp³-hybridized carbons (Fsp3) is 0.533. The van der Waals surface area contributed by atoms with Crippen LogP contribution in [0.3, 0.4) is 0 Å². The third-order valence-electron chi connectivity index (χ3n) is 3.20. The predicted octanol–water partition coefficient (Wildman–Crippen LogP) is 3.36. The zero-order valence-electron chi connectivity index (χ0n) is 12.2. The minimum atomic E-state index is -0.0945. The smallest absolute Gasteiger partial charge is 0.233 e. The Kier molecular flexibility index (Phi) is 6.22. The number of anilines is 1. The topological polar surface area (TPSA) is 55.1 Å². The fourth-order valence-electron chi connectivity index (χ4n) is 1.86. The molecule has 3 N–H and O–H groups in total. The maximum Gasteiger partial charge on any atom is 0.233 e. The lowest BCUT2D eigenvalue weighted by Gasteiger charge is -2.18. The number of thioether (sulfide) groups is 1. The first-order valence-electron chi connectivity index (χ1n) is 6.81. The van der Waals surface area contributed by atoms with E-state index in [0.29, 0.717) is 0 Å². The predicted molar refractivity (Wildman–Crippen MR) is 83.4 cm³/mol. The lowest BCUT2D eigenvalue weighted by atomic mass is 10.2. The van der Waals surface area contributed by atoms with Crippen LogP contribution in [-0.4, -0.2) is 17.2 Å². The Balaban J connectivity index is 2.63. The average Bonchev–Trinajstić information content (AvgIpc) is 2.38. The Labute approximate surface area is 120 Å². The first kappa shape index (κ1) is 15.9. The van der Waals surface area contributed by atoms with E-state index in [1.54, 1.807) is 11.8 Å². The summed E-state index contributed by atoms with van der Waals surface area (Å²) in [4.78, 5) is 13.2. The number of hydrogen-bond acceptors (Lipinski definition) is 3. The molecule has 1 unspecified atom stereocenters. The number of benzene rings is 1. The van der Waals surface area contributed by atoms with Crippen LogP contribution in [0.1, 0.15) is 39.2 Å². The van der Waals surface area contributed by atoms with Crippen molar-refractivity contribution in [3.05, 3.63) is 23.8 Å². The van der Waals surface area contributed by atoms with Gasteiger partial charge in [0, 0.05) is 16.6 Å². The van der Waals surface area contributed by atoms with E-state index in [0.717, 1.165) is 29.0 Å². The normalized spacial score (nSPS) is 12.5. The summed E-state index contributed by atoms with van der Waals surface area (Å²) in [5, 5.41) is 2.99. The van der Waals surface area contributed by atoms with E-state index < -0.39 is 0 Å². The molecular formula is C15H24N2OS. The van der Waals surface area contributed by atoms with Crippen LogP contribution in [0.25, 0.3) is 0 Å². The monoisotopic (exact) mass is 280 g/mol. The number of carbonyl (C=O) groups excluding carboxylic acids is 1. The number of amides is 1. The van der Waals surface area contributed by atoms with Crippen molar-refractivity contribution in [1.82, 2.24) is 5.32 Å². The highest BCUT2D eigenvalue weighted by molar-refractivity contribution is 8.00. The van der Waals surface area contributed by atoms with E-state index in [1.165, 1.54) is 0 Å². The van der Waals surface area contributed by atoms with Gasteiger partial charge in [0.05, 0.1) is 5.25 Å². The van der Waals surface area contributed by atoms with Crippen LogP contribution in [0.15, 0.2) is 23.1 Å². The van der Waals surface area contributed by atoms with Crippen molar-refractivity contribution in [1.29, 1.82) is 0 Å². The molecule has 0 aliphatic heterocycles. The van der Waals surface area contributed by atoms with Crippen molar-refractivity contribution in [3.8, 4) is 0 Å². The van der Waals surface area contributed by atoms with Gasteiger partial charge in [0.2, 0.25) is 5.91 Å². The van der Waals surface area contributed by atoms with E-state index in [9.17, 15) is 4.79 Å². The number of aryl methyl sites for hydroxylation is 1. The van der Waals surface area contributed by atoms with Crippen LogP contribution in [0.2, 0.25) is 0 Å². The molecule has 0 aliphatic carbocycles. The van der Waals surface area contributed by atoms with Crippen molar-refractivity contribution < 1.29 is 4.79 Å². The molecular weight excluding hydrogens is 256 g/mol. The minimum absolute atomic E-state index is 0.0945. The summed E-state index contributed by atoms with van der Waals surface area (Å²) in [7, 11) is 0. The fourth-order valence-corrected chi connectivity index (χ4v) is 2.81. The highest BCUT2D eigenvalue weighted by Crippen LogP contribution is 2.28. The van der Waals surface area contributed by atoms with E-state index in [2.05, 4.69) is 19.2 Å². The van der Waals surface area contributed by atoms with E-state index in [-0.39, 0.29) is 17.2 Å². The van der Waals surface area contributed by atoms with Crippen molar-refractivity contribution in [3.63, 3.8) is 0 Å². The SMILES string of the molecule is CCC(CC)NC(=O)C(C)Sc1ccc(N)cc1C. The van der Waals surface area contributed by atoms with E-state index in [4.69, 9.17) is 5.73 Å². The van der Waals surface area contributed by atoms with Crippen LogP contribution in [0.5, 0.6) is 0 Å². The zero-order chi connectivity index (χ0) is 14.4. The quantitative estimate of drug-likeness (QED) is 0.620. The molecule has 3 nitrogen and oxygen atoms in total. The van der Waals surface area contributed by atoms with Gasteiger partial charge in [0.15, 0.2) is 0 Å². The summed E-state index contributed by atoms with van der Waals surface area (Å²) in [6.07, 6.45) is 1.95. The second-order valence-electron chi connectivity index (χ2n) is 4.81. The zero-order valence-corrected chi connectivity index (χ0v) is 13.0. The molecule has 1 aromatic carbocycles. The highest BCUT2D eigenvalue weighted by Gasteiger charge is 2.17. The summed E-state index contributed by atoms with van der Waals surface area (Å²) >= 11 is 1.58. The number of nitrogens with one attached hydrogen (secondary N) is 1. The van der Waals surface area contributed by atoms with Crippen LogP contribution in [0, 0.1) is 6.92 Å². The second kappa shape index (κ2) is 7.43. The summed E-state index contributed by atoms with van der Waals surface area (Å²) in [6, 6.07) is 6.08. The van der Waals surface area contributed by atoms with Gasteiger partial charge >= 0.3 is 0 Å². The summed E-state index contributed by atoms with van der Waals surface area (Å²) in [5.74, 6) is 0.106. The summed E-state index contributed by atoms with van der Waals surface area (Å²) in [5.41, 5.74) is 7.61. The van der Waals surface area contributed by atoms with Gasteiger partial charge in [-0.2, -0.15) is 0 Å². The van der Waals surface area contributed by atoms with Gasteiger partial charge in [-0.3, -0.25) is 4.79 Å². The molecule has 0 spiro atoms. The van der Waals surface area contributed by atoms with Crippen LogP contribution < -0.4 is 11.1 Å². The molecule has 0 heterocycles. The molecule has 1 atom stereocenters. The highest BCUT2D eigenvalue weighted by atomic mass is 32.2. The molecule has 1 aromatic rings. The molecule has 4 heteroatoms. The summed E-state index contributed by atoms with van der Waals surface area (Å²) < 4.78 is 0. The van der Waals surface area contributed by atoms with Gasteiger partial charge < -0.3 is 11.1 Å². The van der Waals surface area contributed by atoms with Crippen molar-refractivity contribution in [2.24, 2.45) is 0 Å². The summed E-state index contributed by atoms with van der Waals surface area (Å²) in [6.45, 7) is 8.15. The Morgan fingerprint density at radius 2 is 2.00 bits per heavy atom. The standard InChI is InChI=1S/C15H24N2OS/c1-5-13(6-2)17-15(18)11(4)19-14-8-7-12(16)9-10(14)3/h7-9,11,13H,5-6,16H2,1-4H3,(H,17,18). The van der Waals surface area contributed by atoms with Gasteiger partial charge in [-0.05, 0) is 50.5 Å². The Bertz CT molecular complexity index is 430. The molecule has 0 saturated heterocycles. The molecule has 1 amide bonds. The third-order valence-corrected chi connectivity index (χ3v) is 4.48. The Morgan fingerprint density at radius 3 is 2.53 bits per heavy atom. The van der Waals surface area contributed by atoms with E-state index in [1.807, 2.05) is 32.0 Å². The third kappa shape index (κ3) is 4.78. The van der Waals surface area contributed by atoms with E-state index >= 15 is 0 Å². The van der Waals surface area contributed by atoms with Gasteiger partial charge in [-0.1, -0.05) is 13.8 Å². The molecule has 106 valence electrons. The molecule has 0 saturated carbocycles. The van der Waals surface area contributed by atoms with Crippen molar-refractivity contribution >= 4 is 23.4 Å². The largest absolute Gasteiger partial charge is 0.399 e. The number of carbonyl (C=O) groups is 1. The van der Waals surface area contributed by atoms with Crippen LogP contribution in [0.4, 0.5) is 5.69 Å². The Hall–Kier alpha value is -1.16. The molecule has 0 aromatic heterocycles. The second-order valence-corrected chi connectivity index (χ2v) is 6.19. The molecule has 0 bridgehead atoms. The number of nitrogen functional groups attached to an aromatic ring is 1. The molecule has 0 radical (unpaired) electrons. The maximum atomic E-state index is 12.1. The lowest BCUT2D eigenvalue weighted by Crippen LogP contribution is -2.38. The van der Waals surface area contributed by atoms with Crippen LogP contribution >= 0.6 is 11.8 Å². The van der Waals surface area contributed by atoms with Crippen molar-refractivity contribution in [2.75, 3.05) is 5.73 Å². The first-order chi connectivity index (χ1) is 8.97. The lowest BCUT2D eigenvalue weighted by molar-refractivity contribution is -0.121. The first-order valence-corrected chi connectivity index (χ1v) is 7.69. The molecule has 1 rings (SSSR count).